The SMILES string of the molecule is CCCCCCCCCCCCC/C=C/C(O)C(COC1OC(CO)C(OC2OC(CO)C(OC3OC(CO)C(O)C(OC4OC(CO)C(O)C(O)C4O)C3NC(C)=O)C3O[C@@]4(CC(O)C(NC(C)=O)C(C(O)C(O)CO)O4)C(=O)OC23)C(O)C1O)NC(=O)CCCCCCCCCCCCCCCCC. The summed E-state index contributed by atoms with van der Waals surface area (Å²) in [6, 6.07) is -4.52. The first-order valence-corrected chi connectivity index (χ1v) is 39.0. The molecule has 28 atom stereocenters. The summed E-state index contributed by atoms with van der Waals surface area (Å²) < 4.78 is 67.4. The fraction of sp³-hybridized carbons (Fsp3) is 0.918. The number of hydrogen-bond acceptors (Lipinski definition) is 30. The Labute approximate surface area is 622 Å². The zero-order chi connectivity index (χ0) is 77.5. The van der Waals surface area contributed by atoms with Gasteiger partial charge in [-0.15, -0.1) is 0 Å². The van der Waals surface area contributed by atoms with Crippen LogP contribution in [0.3, 0.4) is 0 Å². The van der Waals surface area contributed by atoms with Crippen molar-refractivity contribution in [1.29, 1.82) is 0 Å². The van der Waals surface area contributed by atoms with Crippen molar-refractivity contribution in [3.63, 3.8) is 0 Å². The molecule has 0 aromatic carbocycles. The number of rotatable bonds is 49. The second kappa shape index (κ2) is 47.9. The van der Waals surface area contributed by atoms with Gasteiger partial charge in [-0.05, 0) is 19.3 Å². The third kappa shape index (κ3) is 26.9. The lowest BCUT2D eigenvalue weighted by Crippen LogP contribution is -2.75. The molecule has 0 radical (unpaired) electrons. The molecule has 0 aliphatic carbocycles. The van der Waals surface area contributed by atoms with Gasteiger partial charge in [-0.1, -0.05) is 180 Å². The fourth-order valence-corrected chi connectivity index (χ4v) is 14.6. The van der Waals surface area contributed by atoms with Gasteiger partial charge in [-0.25, -0.2) is 4.79 Å². The van der Waals surface area contributed by atoms with Gasteiger partial charge >= 0.3 is 5.97 Å². The first-order chi connectivity index (χ1) is 50.9. The molecule has 6 rings (SSSR count). The second-order valence-corrected chi connectivity index (χ2v) is 29.4. The molecular formula is C73H129N3O30. The number of aliphatic hydroxyl groups is 15. The largest absolute Gasteiger partial charge is 0.450 e. The van der Waals surface area contributed by atoms with Gasteiger partial charge in [0, 0.05) is 26.7 Å². The van der Waals surface area contributed by atoms with Gasteiger partial charge in [0.25, 0.3) is 5.79 Å². The highest BCUT2D eigenvalue weighted by molar-refractivity contribution is 5.80. The molecule has 6 heterocycles. The van der Waals surface area contributed by atoms with E-state index >= 15 is 0 Å². The van der Waals surface area contributed by atoms with Crippen molar-refractivity contribution in [2.24, 2.45) is 0 Å². The maximum Gasteiger partial charge on any atom is 0.367 e. The lowest BCUT2D eigenvalue weighted by molar-refractivity contribution is -0.421. The average Bonchev–Trinajstić information content (AvgIpc) is 0.724. The number of allylic oxidation sites excluding steroid dienone is 1. The molecule has 106 heavy (non-hydrogen) atoms. The van der Waals surface area contributed by atoms with Crippen LogP contribution in [-0.2, 0) is 71.3 Å². The molecule has 616 valence electrons. The van der Waals surface area contributed by atoms with E-state index in [1.165, 1.54) is 109 Å². The Morgan fingerprint density at radius 3 is 1.51 bits per heavy atom. The normalized spacial score (nSPS) is 35.3. The lowest BCUT2D eigenvalue weighted by Gasteiger charge is -2.56. The summed E-state index contributed by atoms with van der Waals surface area (Å²) in [5.41, 5.74) is 0. The van der Waals surface area contributed by atoms with E-state index in [9.17, 15) is 95.8 Å². The fourth-order valence-electron chi connectivity index (χ4n) is 14.6. The van der Waals surface area contributed by atoms with Crippen LogP contribution in [0.5, 0.6) is 0 Å². The van der Waals surface area contributed by atoms with E-state index in [0.29, 0.717) is 12.8 Å². The molecule has 3 amide bonds. The van der Waals surface area contributed by atoms with Crippen LogP contribution < -0.4 is 16.0 Å². The van der Waals surface area contributed by atoms with Crippen LogP contribution in [-0.4, -0.2) is 311 Å². The molecule has 27 unspecified atom stereocenters. The van der Waals surface area contributed by atoms with Gasteiger partial charge in [0.1, 0.15) is 110 Å². The van der Waals surface area contributed by atoms with Crippen molar-refractivity contribution in [2.75, 3.05) is 39.6 Å². The quantitative estimate of drug-likeness (QED) is 0.0206. The number of ether oxygens (including phenoxy) is 11. The number of amides is 3. The van der Waals surface area contributed by atoms with Crippen LogP contribution in [0.4, 0.5) is 0 Å². The van der Waals surface area contributed by atoms with Crippen LogP contribution in [0.1, 0.15) is 214 Å². The van der Waals surface area contributed by atoms with Gasteiger partial charge in [-0.2, -0.15) is 0 Å². The Kier molecular flexibility index (Phi) is 41.3. The molecule has 1 spiro atoms. The summed E-state index contributed by atoms with van der Waals surface area (Å²) in [5.74, 6) is -6.43. The van der Waals surface area contributed by atoms with Crippen molar-refractivity contribution in [1.82, 2.24) is 16.0 Å². The van der Waals surface area contributed by atoms with E-state index in [4.69, 9.17) is 52.1 Å². The molecule has 18 N–H and O–H groups in total. The topological polar surface area (TPSA) is 509 Å². The minimum absolute atomic E-state index is 0.157. The minimum atomic E-state index is -2.91. The van der Waals surface area contributed by atoms with E-state index in [1.807, 2.05) is 6.08 Å². The van der Waals surface area contributed by atoms with Gasteiger partial charge in [0.2, 0.25) is 17.7 Å². The van der Waals surface area contributed by atoms with E-state index in [2.05, 4.69) is 29.8 Å². The number of unbranched alkanes of at least 4 members (excludes halogenated alkanes) is 25. The molecular weight excluding hydrogens is 1400 g/mol. The summed E-state index contributed by atoms with van der Waals surface area (Å²) in [4.78, 5) is 54.0. The first-order valence-electron chi connectivity index (χ1n) is 39.0. The first kappa shape index (κ1) is 91.5. The van der Waals surface area contributed by atoms with Crippen molar-refractivity contribution < 1.29 is 148 Å². The highest BCUT2D eigenvalue weighted by Gasteiger charge is 2.66. The van der Waals surface area contributed by atoms with Crippen molar-refractivity contribution >= 4 is 23.7 Å². The Hall–Kier alpha value is -3.38. The Morgan fingerprint density at radius 2 is 0.972 bits per heavy atom. The van der Waals surface area contributed by atoms with Crippen LogP contribution in [0.15, 0.2) is 12.2 Å². The maximum atomic E-state index is 14.8. The predicted molar refractivity (Wildman–Crippen MR) is 375 cm³/mol. The van der Waals surface area contributed by atoms with Crippen LogP contribution in [0, 0.1) is 0 Å². The molecule has 6 aliphatic heterocycles. The van der Waals surface area contributed by atoms with E-state index in [-0.39, 0.29) is 12.3 Å². The highest BCUT2D eigenvalue weighted by Crippen LogP contribution is 2.45. The van der Waals surface area contributed by atoms with Gasteiger partial charge < -0.3 is 145 Å². The van der Waals surface area contributed by atoms with Gasteiger partial charge in [0.05, 0.1) is 63.9 Å². The third-order valence-corrected chi connectivity index (χ3v) is 20.8. The van der Waals surface area contributed by atoms with Crippen molar-refractivity contribution in [3.8, 4) is 0 Å². The van der Waals surface area contributed by atoms with Gasteiger partial charge in [0.15, 0.2) is 31.3 Å². The molecule has 33 heteroatoms. The van der Waals surface area contributed by atoms with E-state index in [0.717, 1.165) is 65.2 Å². The number of hydrogen-bond donors (Lipinski definition) is 18. The number of fused-ring (bicyclic) bond motifs is 1. The Bertz CT molecular complexity index is 2520. The average molecular weight is 1530 g/mol. The smallest absolute Gasteiger partial charge is 0.367 e. The molecule has 0 saturated carbocycles. The lowest BCUT2D eigenvalue weighted by atomic mass is 9.87. The molecule has 33 nitrogen and oxygen atoms in total. The number of carbonyl (C=O) groups is 4. The standard InChI is InChI=1S/C73H129N3O30/c1-5-7-9-11-13-15-17-19-20-22-24-26-28-30-32-34-52(87)76-44(45(84)33-31-29-27-25-23-21-18-16-14-12-10-8-6-2)41-96-69-61(94)59(92)62(50(39-80)99-69)101-71-67-66(106-73(72(95)104-67)35-46(85)53(74-42(3)82)65(105-73)55(88)47(86)36-77)63(51(40-81)100-71)102-68-54(75-43(4)83)64(57(90)49(38-79)97-68)103-70-60(93)58(91)56(89)48(37-78)98-70/h31,33,44-51,53-71,77-81,84-86,88-94H,5-30,32,34-41H2,1-4H3,(H,74,82)(H,75,83)(H,76,87)/b33-31+/t44?,45?,46?,47?,48?,49?,50?,51?,53?,54?,55?,56?,57?,58?,59?,60?,61?,62?,63?,64?,65?,66?,67?,68?,69?,70?,71?,73-/m0/s1. The van der Waals surface area contributed by atoms with E-state index < -0.39 is 235 Å². The molecule has 6 fully saturated rings. The zero-order valence-electron chi connectivity index (χ0n) is 62.3. The summed E-state index contributed by atoms with van der Waals surface area (Å²) in [5, 5.41) is 174. The summed E-state index contributed by atoms with van der Waals surface area (Å²) in [7, 11) is 0. The number of aliphatic hydroxyl groups excluding tert-OH is 15. The zero-order valence-corrected chi connectivity index (χ0v) is 62.3. The molecule has 0 bridgehead atoms. The number of esters is 1. The number of nitrogens with one attached hydrogen (secondary N) is 3. The molecule has 6 saturated heterocycles. The predicted octanol–water partition coefficient (Wildman–Crippen LogP) is -0.562. The third-order valence-electron chi connectivity index (χ3n) is 20.8. The Balaban J connectivity index is 1.21. The second-order valence-electron chi connectivity index (χ2n) is 29.4. The maximum absolute atomic E-state index is 14.8. The minimum Gasteiger partial charge on any atom is -0.450 e. The monoisotopic (exact) mass is 1530 g/mol. The highest BCUT2D eigenvalue weighted by atomic mass is 16.8. The molecule has 0 aromatic rings. The molecule has 6 aliphatic rings. The van der Waals surface area contributed by atoms with Crippen molar-refractivity contribution in [2.45, 2.75) is 385 Å². The van der Waals surface area contributed by atoms with Gasteiger partial charge in [-0.3, -0.25) is 14.4 Å². The molecule has 0 aromatic heterocycles. The summed E-state index contributed by atoms with van der Waals surface area (Å²) in [6.45, 7) is 0.876. The summed E-state index contributed by atoms with van der Waals surface area (Å²) >= 11 is 0. The van der Waals surface area contributed by atoms with Crippen LogP contribution in [0.2, 0.25) is 0 Å². The van der Waals surface area contributed by atoms with E-state index in [1.54, 1.807) is 6.08 Å². The number of carbonyl (C=O) groups excluding carboxylic acids is 4. The van der Waals surface area contributed by atoms with Crippen molar-refractivity contribution in [3.05, 3.63) is 12.2 Å². The summed E-state index contributed by atoms with van der Waals surface area (Å²) in [6.07, 6.45) is -12.7. The van der Waals surface area contributed by atoms with Crippen LogP contribution in [0.25, 0.3) is 0 Å². The van der Waals surface area contributed by atoms with Crippen LogP contribution >= 0.6 is 0 Å². The Morgan fingerprint density at radius 1 is 0.509 bits per heavy atom.